The van der Waals surface area contributed by atoms with Crippen molar-refractivity contribution in [3.63, 3.8) is 0 Å². The van der Waals surface area contributed by atoms with E-state index in [4.69, 9.17) is 10.5 Å². The van der Waals surface area contributed by atoms with Crippen molar-refractivity contribution in [3.8, 4) is 0 Å². The van der Waals surface area contributed by atoms with Crippen LogP contribution in [0.25, 0.3) is 0 Å². The zero-order valence-corrected chi connectivity index (χ0v) is 13.6. The molecule has 1 heterocycles. The maximum Gasteiger partial charge on any atom is 0.229 e. The number of ether oxygens (including phenoxy) is 1. The molecule has 2 unspecified atom stereocenters. The zero-order valence-electron chi connectivity index (χ0n) is 13.6. The van der Waals surface area contributed by atoms with Gasteiger partial charge in [0.15, 0.2) is 0 Å². The van der Waals surface area contributed by atoms with E-state index in [0.717, 1.165) is 25.6 Å². The van der Waals surface area contributed by atoms with E-state index >= 15 is 0 Å². The Morgan fingerprint density at radius 1 is 1.38 bits per heavy atom. The fraction of sp³-hybridized carbons (Fsp3) is 0.938. The molecule has 2 fully saturated rings. The molecule has 5 heteroatoms. The first-order chi connectivity index (χ1) is 10.0. The Hall–Kier alpha value is -0.650. The number of nitrogens with two attached hydrogens (primary N) is 1. The third-order valence-electron chi connectivity index (χ3n) is 5.21. The molecule has 3 N–H and O–H groups in total. The Bertz CT molecular complexity index is 344. The van der Waals surface area contributed by atoms with Crippen LogP contribution in [-0.2, 0) is 9.53 Å². The van der Waals surface area contributed by atoms with E-state index in [1.54, 1.807) is 0 Å². The number of rotatable bonds is 6. The van der Waals surface area contributed by atoms with Crippen LogP contribution in [0.5, 0.6) is 0 Å². The van der Waals surface area contributed by atoms with E-state index < -0.39 is 5.41 Å². The van der Waals surface area contributed by atoms with Gasteiger partial charge in [0.05, 0.1) is 18.6 Å². The highest BCUT2D eigenvalue weighted by atomic mass is 16.5. The van der Waals surface area contributed by atoms with Crippen molar-refractivity contribution < 1.29 is 9.53 Å². The van der Waals surface area contributed by atoms with E-state index in [1.807, 2.05) is 6.92 Å². The first-order valence-electron chi connectivity index (χ1n) is 8.36. The minimum Gasteiger partial charge on any atom is -0.379 e. The highest BCUT2D eigenvalue weighted by Gasteiger charge is 2.44. The lowest BCUT2D eigenvalue weighted by atomic mass is 9.85. The molecule has 0 radical (unpaired) electrons. The van der Waals surface area contributed by atoms with E-state index in [2.05, 4.69) is 17.3 Å². The lowest BCUT2D eigenvalue weighted by Crippen LogP contribution is -2.50. The first-order valence-corrected chi connectivity index (χ1v) is 8.36. The fourth-order valence-electron chi connectivity index (χ4n) is 3.36. The number of carbonyl (C=O) groups excluding carboxylic acids is 1. The van der Waals surface area contributed by atoms with Crippen LogP contribution in [0.3, 0.4) is 0 Å². The molecule has 0 aromatic heterocycles. The highest BCUT2D eigenvalue weighted by Crippen LogP contribution is 2.27. The van der Waals surface area contributed by atoms with Crippen LogP contribution in [0.1, 0.15) is 45.4 Å². The van der Waals surface area contributed by atoms with Crippen LogP contribution in [-0.4, -0.2) is 56.2 Å². The van der Waals surface area contributed by atoms with E-state index in [0.29, 0.717) is 13.2 Å². The Morgan fingerprint density at radius 3 is 2.71 bits per heavy atom. The van der Waals surface area contributed by atoms with Crippen molar-refractivity contribution in [1.82, 2.24) is 10.2 Å². The Labute approximate surface area is 128 Å². The number of hydrogen-bond acceptors (Lipinski definition) is 4. The normalized spacial score (nSPS) is 30.8. The number of carbonyl (C=O) groups is 1. The second-order valence-corrected chi connectivity index (χ2v) is 6.92. The molecule has 122 valence electrons. The van der Waals surface area contributed by atoms with Gasteiger partial charge in [-0.25, -0.2) is 0 Å². The minimum atomic E-state index is -0.560. The van der Waals surface area contributed by atoms with Crippen LogP contribution in [0, 0.1) is 5.41 Å². The number of amides is 1. The van der Waals surface area contributed by atoms with Gasteiger partial charge in [-0.05, 0) is 39.8 Å². The van der Waals surface area contributed by atoms with Gasteiger partial charge in [0, 0.05) is 18.6 Å². The molecule has 1 saturated heterocycles. The van der Waals surface area contributed by atoms with Crippen molar-refractivity contribution in [1.29, 1.82) is 0 Å². The smallest absolute Gasteiger partial charge is 0.229 e. The molecule has 1 aliphatic carbocycles. The van der Waals surface area contributed by atoms with Crippen LogP contribution in [0.2, 0.25) is 0 Å². The van der Waals surface area contributed by atoms with Crippen LogP contribution >= 0.6 is 0 Å². The molecule has 2 aliphatic rings. The molecule has 2 atom stereocenters. The molecule has 1 saturated carbocycles. The Kier molecular flexibility index (Phi) is 6.02. The van der Waals surface area contributed by atoms with Crippen LogP contribution < -0.4 is 11.1 Å². The Morgan fingerprint density at radius 2 is 2.10 bits per heavy atom. The minimum absolute atomic E-state index is 0.0350. The maximum atomic E-state index is 12.2. The van der Waals surface area contributed by atoms with Gasteiger partial charge < -0.3 is 20.7 Å². The number of nitrogens with zero attached hydrogens (tertiary/aromatic N) is 1. The summed E-state index contributed by atoms with van der Waals surface area (Å²) in [6.45, 7) is 4.58. The summed E-state index contributed by atoms with van der Waals surface area (Å²) < 4.78 is 5.32. The third kappa shape index (κ3) is 4.18. The standard InChI is InChI=1S/C16H31N3O2/c1-16(12-21-11-14(16)17)15(20)18-9-6-10-19(2)13-7-4-3-5-8-13/h13-14H,3-12,17H2,1-2H3,(H,18,20). The highest BCUT2D eigenvalue weighted by molar-refractivity contribution is 5.83. The Balaban J connectivity index is 1.64. The predicted molar refractivity (Wildman–Crippen MR) is 84.0 cm³/mol. The summed E-state index contributed by atoms with van der Waals surface area (Å²) in [6.07, 6.45) is 7.76. The lowest BCUT2D eigenvalue weighted by molar-refractivity contribution is -0.130. The molecule has 1 aliphatic heterocycles. The van der Waals surface area contributed by atoms with Crippen molar-refractivity contribution in [2.45, 2.75) is 57.5 Å². The SMILES string of the molecule is CN(CCCNC(=O)C1(C)COCC1N)C1CCCCC1. The largest absolute Gasteiger partial charge is 0.379 e. The summed E-state index contributed by atoms with van der Waals surface area (Å²) in [7, 11) is 2.21. The monoisotopic (exact) mass is 297 g/mol. The van der Waals surface area contributed by atoms with E-state index in [1.165, 1.54) is 32.1 Å². The molecule has 5 nitrogen and oxygen atoms in total. The summed E-state index contributed by atoms with van der Waals surface area (Å²) in [4.78, 5) is 14.7. The molecule has 0 spiro atoms. The summed E-state index contributed by atoms with van der Waals surface area (Å²) >= 11 is 0. The number of hydrogen-bond donors (Lipinski definition) is 2. The van der Waals surface area contributed by atoms with Gasteiger partial charge in [-0.3, -0.25) is 4.79 Å². The summed E-state index contributed by atoms with van der Waals surface area (Å²) in [5.41, 5.74) is 5.41. The van der Waals surface area contributed by atoms with E-state index in [-0.39, 0.29) is 11.9 Å². The third-order valence-corrected chi connectivity index (χ3v) is 5.21. The molecule has 0 bridgehead atoms. The average molecular weight is 297 g/mol. The summed E-state index contributed by atoms with van der Waals surface area (Å²) in [5.74, 6) is 0.0350. The molecule has 0 aromatic rings. The van der Waals surface area contributed by atoms with Gasteiger partial charge in [-0.2, -0.15) is 0 Å². The fourth-order valence-corrected chi connectivity index (χ4v) is 3.36. The molecular formula is C16H31N3O2. The van der Waals surface area contributed by atoms with Gasteiger partial charge in [0.2, 0.25) is 5.91 Å². The van der Waals surface area contributed by atoms with Crippen molar-refractivity contribution in [3.05, 3.63) is 0 Å². The van der Waals surface area contributed by atoms with Gasteiger partial charge in [-0.1, -0.05) is 19.3 Å². The zero-order chi connectivity index (χ0) is 15.3. The van der Waals surface area contributed by atoms with Gasteiger partial charge in [0.25, 0.3) is 0 Å². The lowest BCUT2D eigenvalue weighted by Gasteiger charge is -2.31. The van der Waals surface area contributed by atoms with Gasteiger partial charge >= 0.3 is 0 Å². The predicted octanol–water partition coefficient (Wildman–Crippen LogP) is 1.12. The topological polar surface area (TPSA) is 67.6 Å². The molecule has 21 heavy (non-hydrogen) atoms. The second-order valence-electron chi connectivity index (χ2n) is 6.92. The molecule has 0 aromatic carbocycles. The van der Waals surface area contributed by atoms with Gasteiger partial charge in [-0.15, -0.1) is 0 Å². The van der Waals surface area contributed by atoms with Crippen molar-refractivity contribution in [2.75, 3.05) is 33.4 Å². The van der Waals surface area contributed by atoms with Crippen molar-refractivity contribution in [2.24, 2.45) is 11.1 Å². The van der Waals surface area contributed by atoms with Crippen molar-refractivity contribution >= 4 is 5.91 Å². The van der Waals surface area contributed by atoms with E-state index in [9.17, 15) is 4.79 Å². The maximum absolute atomic E-state index is 12.2. The summed E-state index contributed by atoms with van der Waals surface area (Å²) in [5, 5.41) is 3.03. The molecule has 1 amide bonds. The quantitative estimate of drug-likeness (QED) is 0.721. The molecular weight excluding hydrogens is 266 g/mol. The first kappa shape index (κ1) is 16.7. The van der Waals surface area contributed by atoms with Gasteiger partial charge in [0.1, 0.15) is 0 Å². The summed E-state index contributed by atoms with van der Waals surface area (Å²) in [6, 6.07) is 0.547. The molecule has 2 rings (SSSR count). The van der Waals surface area contributed by atoms with Crippen LogP contribution in [0.15, 0.2) is 0 Å². The van der Waals surface area contributed by atoms with Crippen LogP contribution in [0.4, 0.5) is 0 Å². The average Bonchev–Trinajstić information content (AvgIpc) is 2.85. The second kappa shape index (κ2) is 7.56. The number of nitrogens with one attached hydrogen (secondary N) is 1.